The first-order valence-electron chi connectivity index (χ1n) is 5.44. The maximum absolute atomic E-state index is 9.26. The molecule has 0 bridgehead atoms. The molecular formula is C13H15N3O. The number of imidazole rings is 1. The number of aromatic amines is 1. The molecule has 0 fully saturated rings. The first kappa shape index (κ1) is 11.4. The average molecular weight is 229 g/mol. The van der Waals surface area contributed by atoms with Crippen molar-refractivity contribution in [2.24, 2.45) is 5.16 Å². The predicted molar refractivity (Wildman–Crippen MR) is 66.4 cm³/mol. The lowest BCUT2D eigenvalue weighted by atomic mass is 9.83. The zero-order valence-corrected chi connectivity index (χ0v) is 9.88. The normalized spacial score (nSPS) is 12.7. The molecular weight excluding hydrogens is 214 g/mol. The Hall–Kier alpha value is -2.10. The minimum absolute atomic E-state index is 0.473. The number of nitrogens with one attached hydrogen (secondary N) is 1. The lowest BCUT2D eigenvalue weighted by molar-refractivity contribution is 0.314. The molecule has 0 unspecified atom stereocenters. The van der Waals surface area contributed by atoms with Crippen molar-refractivity contribution in [3.05, 3.63) is 54.1 Å². The highest BCUT2D eigenvalue weighted by Crippen LogP contribution is 2.25. The molecule has 2 rings (SSSR count). The topological polar surface area (TPSA) is 61.3 Å². The smallest absolute Gasteiger partial charge is 0.117 e. The van der Waals surface area contributed by atoms with Crippen LogP contribution >= 0.6 is 0 Å². The van der Waals surface area contributed by atoms with Crippen LogP contribution in [0.1, 0.15) is 25.2 Å². The fourth-order valence-electron chi connectivity index (χ4n) is 1.86. The van der Waals surface area contributed by atoms with Crippen LogP contribution in [-0.2, 0) is 5.41 Å². The highest BCUT2D eigenvalue weighted by atomic mass is 16.4. The van der Waals surface area contributed by atoms with Crippen LogP contribution in [0.15, 0.2) is 47.9 Å². The van der Waals surface area contributed by atoms with Crippen LogP contribution in [0.4, 0.5) is 0 Å². The molecule has 2 aromatic rings. The Balaban J connectivity index is 2.45. The summed E-state index contributed by atoms with van der Waals surface area (Å²) in [4.78, 5) is 7.29. The molecule has 0 radical (unpaired) electrons. The minimum Gasteiger partial charge on any atom is -0.411 e. The van der Waals surface area contributed by atoms with E-state index in [4.69, 9.17) is 0 Å². The van der Waals surface area contributed by atoms with Gasteiger partial charge in [-0.2, -0.15) is 0 Å². The Bertz CT molecular complexity index is 501. The number of rotatable bonds is 3. The second-order valence-electron chi connectivity index (χ2n) is 4.38. The number of nitrogens with zero attached hydrogens (tertiary/aromatic N) is 2. The Labute approximate surface area is 100 Å². The van der Waals surface area contributed by atoms with E-state index in [0.717, 1.165) is 11.4 Å². The SMILES string of the molecule is CC(C)(C(=NO)c1ccccc1)c1ncc[nH]1. The van der Waals surface area contributed by atoms with E-state index in [2.05, 4.69) is 15.1 Å². The molecule has 17 heavy (non-hydrogen) atoms. The van der Waals surface area contributed by atoms with Gasteiger partial charge in [-0.15, -0.1) is 0 Å². The molecule has 0 aliphatic carbocycles. The number of oxime groups is 1. The van der Waals surface area contributed by atoms with E-state index in [9.17, 15) is 5.21 Å². The van der Waals surface area contributed by atoms with Gasteiger partial charge in [0.25, 0.3) is 0 Å². The molecule has 0 aliphatic rings. The minimum atomic E-state index is -0.473. The van der Waals surface area contributed by atoms with Gasteiger partial charge in [-0.05, 0) is 13.8 Å². The third kappa shape index (κ3) is 2.06. The van der Waals surface area contributed by atoms with Crippen molar-refractivity contribution in [2.75, 3.05) is 0 Å². The summed E-state index contributed by atoms with van der Waals surface area (Å²) >= 11 is 0. The summed E-state index contributed by atoms with van der Waals surface area (Å²) in [5.74, 6) is 0.772. The lowest BCUT2D eigenvalue weighted by Gasteiger charge is -2.23. The summed E-state index contributed by atoms with van der Waals surface area (Å²) in [5.41, 5.74) is 1.00. The van der Waals surface area contributed by atoms with Crippen molar-refractivity contribution in [3.63, 3.8) is 0 Å². The van der Waals surface area contributed by atoms with Gasteiger partial charge in [0.2, 0.25) is 0 Å². The Morgan fingerprint density at radius 2 is 2.00 bits per heavy atom. The first-order valence-corrected chi connectivity index (χ1v) is 5.44. The van der Waals surface area contributed by atoms with Crippen LogP contribution < -0.4 is 0 Å². The molecule has 0 saturated carbocycles. The van der Waals surface area contributed by atoms with Gasteiger partial charge >= 0.3 is 0 Å². The van der Waals surface area contributed by atoms with Gasteiger partial charge in [0.1, 0.15) is 5.82 Å². The number of hydrogen-bond acceptors (Lipinski definition) is 3. The van der Waals surface area contributed by atoms with Crippen LogP contribution in [0.3, 0.4) is 0 Å². The van der Waals surface area contributed by atoms with E-state index in [-0.39, 0.29) is 0 Å². The summed E-state index contributed by atoms with van der Waals surface area (Å²) in [5, 5.41) is 12.7. The zero-order chi connectivity index (χ0) is 12.3. The maximum Gasteiger partial charge on any atom is 0.117 e. The molecule has 4 heteroatoms. The summed E-state index contributed by atoms with van der Waals surface area (Å²) in [7, 11) is 0. The van der Waals surface area contributed by atoms with Crippen molar-refractivity contribution >= 4 is 5.71 Å². The number of aromatic nitrogens is 2. The van der Waals surface area contributed by atoms with E-state index in [1.807, 2.05) is 44.2 Å². The van der Waals surface area contributed by atoms with Gasteiger partial charge in [0, 0.05) is 18.0 Å². The second-order valence-corrected chi connectivity index (χ2v) is 4.38. The monoisotopic (exact) mass is 229 g/mol. The van der Waals surface area contributed by atoms with E-state index >= 15 is 0 Å². The van der Waals surface area contributed by atoms with Gasteiger partial charge in [0.15, 0.2) is 0 Å². The van der Waals surface area contributed by atoms with E-state index < -0.39 is 5.41 Å². The number of hydrogen-bond donors (Lipinski definition) is 2. The molecule has 0 spiro atoms. The van der Waals surface area contributed by atoms with Gasteiger partial charge in [-0.1, -0.05) is 35.5 Å². The molecule has 0 amide bonds. The first-order chi connectivity index (χ1) is 8.16. The maximum atomic E-state index is 9.26. The molecule has 88 valence electrons. The fraction of sp³-hybridized carbons (Fsp3) is 0.231. The summed E-state index contributed by atoms with van der Waals surface area (Å²) in [6.45, 7) is 3.93. The third-order valence-corrected chi connectivity index (χ3v) is 2.83. The standard InChI is InChI=1S/C13H15N3O/c1-13(2,12-14-8-9-15-12)11(16-17)10-6-4-3-5-7-10/h3-9,17H,1-2H3,(H,14,15). The van der Waals surface area contributed by atoms with Crippen LogP contribution in [0, 0.1) is 0 Å². The van der Waals surface area contributed by atoms with Crippen LogP contribution in [-0.4, -0.2) is 20.9 Å². The predicted octanol–water partition coefficient (Wildman–Crippen LogP) is 2.57. The molecule has 0 aliphatic heterocycles. The Morgan fingerprint density at radius 3 is 2.53 bits per heavy atom. The Morgan fingerprint density at radius 1 is 1.29 bits per heavy atom. The van der Waals surface area contributed by atoms with Gasteiger partial charge in [-0.25, -0.2) is 4.98 Å². The largest absolute Gasteiger partial charge is 0.411 e. The van der Waals surface area contributed by atoms with Crippen molar-refractivity contribution in [1.29, 1.82) is 0 Å². The van der Waals surface area contributed by atoms with Crippen molar-refractivity contribution in [2.45, 2.75) is 19.3 Å². The van der Waals surface area contributed by atoms with Gasteiger partial charge in [-0.3, -0.25) is 0 Å². The second kappa shape index (κ2) is 4.41. The number of benzene rings is 1. The fourth-order valence-corrected chi connectivity index (χ4v) is 1.86. The highest BCUT2D eigenvalue weighted by molar-refractivity contribution is 6.06. The van der Waals surface area contributed by atoms with Crippen LogP contribution in [0.5, 0.6) is 0 Å². The van der Waals surface area contributed by atoms with Gasteiger partial charge in [0.05, 0.1) is 11.1 Å². The molecule has 1 heterocycles. The molecule has 1 aromatic carbocycles. The van der Waals surface area contributed by atoms with E-state index in [1.165, 1.54) is 0 Å². The molecule has 0 saturated heterocycles. The quantitative estimate of drug-likeness (QED) is 0.482. The van der Waals surface area contributed by atoms with E-state index in [0.29, 0.717) is 5.71 Å². The Kier molecular flexibility index (Phi) is 2.95. The molecule has 1 aromatic heterocycles. The average Bonchev–Trinajstić information content (AvgIpc) is 2.85. The molecule has 0 atom stereocenters. The van der Waals surface area contributed by atoms with E-state index in [1.54, 1.807) is 12.4 Å². The lowest BCUT2D eigenvalue weighted by Crippen LogP contribution is -2.31. The highest BCUT2D eigenvalue weighted by Gasteiger charge is 2.31. The molecule has 2 N–H and O–H groups in total. The third-order valence-electron chi connectivity index (χ3n) is 2.83. The van der Waals surface area contributed by atoms with Crippen molar-refractivity contribution in [1.82, 2.24) is 9.97 Å². The zero-order valence-electron chi connectivity index (χ0n) is 9.88. The summed E-state index contributed by atoms with van der Waals surface area (Å²) in [6.07, 6.45) is 3.45. The number of H-pyrrole nitrogens is 1. The van der Waals surface area contributed by atoms with Gasteiger partial charge < -0.3 is 10.2 Å². The van der Waals surface area contributed by atoms with Crippen molar-refractivity contribution in [3.8, 4) is 0 Å². The van der Waals surface area contributed by atoms with Crippen LogP contribution in [0.25, 0.3) is 0 Å². The van der Waals surface area contributed by atoms with Crippen LogP contribution in [0.2, 0.25) is 0 Å². The molecule has 4 nitrogen and oxygen atoms in total. The summed E-state index contributed by atoms with van der Waals surface area (Å²) < 4.78 is 0. The van der Waals surface area contributed by atoms with Crippen molar-refractivity contribution < 1.29 is 5.21 Å². The summed E-state index contributed by atoms with van der Waals surface area (Å²) in [6, 6.07) is 9.59.